The molecule has 23 heavy (non-hydrogen) atoms. The first-order valence-corrected chi connectivity index (χ1v) is 8.10. The number of hydrogen-bond donors (Lipinski definition) is 1. The van der Waals surface area contributed by atoms with Crippen LogP contribution in [0.1, 0.15) is 24.8 Å². The first kappa shape index (κ1) is 15.5. The standard InChI is InChI=1S/C19H21FN2O/c20-16-8-6-7-15(13-16)14-19(23)21-17-9-2-3-10-18(17)22-11-4-1-5-12-22/h2-3,6-10,13H,1,4-5,11-12,14H2,(H,21,23). The van der Waals surface area contributed by atoms with E-state index in [0.717, 1.165) is 24.5 Å². The molecule has 0 unspecified atom stereocenters. The Morgan fingerprint density at radius 2 is 1.83 bits per heavy atom. The predicted molar refractivity (Wildman–Crippen MR) is 91.2 cm³/mol. The maximum absolute atomic E-state index is 13.2. The minimum absolute atomic E-state index is 0.125. The largest absolute Gasteiger partial charge is 0.370 e. The van der Waals surface area contributed by atoms with E-state index in [0.29, 0.717) is 5.56 Å². The fraction of sp³-hybridized carbons (Fsp3) is 0.316. The van der Waals surface area contributed by atoms with Gasteiger partial charge in [-0.1, -0.05) is 24.3 Å². The Kier molecular flexibility index (Phi) is 4.91. The molecule has 0 aromatic heterocycles. The second kappa shape index (κ2) is 7.27. The monoisotopic (exact) mass is 312 g/mol. The van der Waals surface area contributed by atoms with Crippen molar-refractivity contribution in [1.29, 1.82) is 0 Å². The van der Waals surface area contributed by atoms with Crippen LogP contribution in [0.15, 0.2) is 48.5 Å². The Labute approximate surface area is 136 Å². The molecule has 1 saturated heterocycles. The van der Waals surface area contributed by atoms with E-state index in [9.17, 15) is 9.18 Å². The van der Waals surface area contributed by atoms with E-state index in [-0.39, 0.29) is 18.1 Å². The van der Waals surface area contributed by atoms with E-state index >= 15 is 0 Å². The van der Waals surface area contributed by atoms with Crippen molar-refractivity contribution in [1.82, 2.24) is 0 Å². The molecule has 1 heterocycles. The van der Waals surface area contributed by atoms with Crippen LogP contribution >= 0.6 is 0 Å². The Morgan fingerprint density at radius 1 is 1.04 bits per heavy atom. The van der Waals surface area contributed by atoms with Gasteiger partial charge in [0.2, 0.25) is 5.91 Å². The fourth-order valence-electron chi connectivity index (χ4n) is 3.02. The molecule has 0 spiro atoms. The molecule has 1 aliphatic rings. The summed E-state index contributed by atoms with van der Waals surface area (Å²) in [6.07, 6.45) is 3.81. The smallest absolute Gasteiger partial charge is 0.228 e. The summed E-state index contributed by atoms with van der Waals surface area (Å²) < 4.78 is 13.2. The van der Waals surface area contributed by atoms with Crippen LogP contribution in [-0.2, 0) is 11.2 Å². The number of carbonyl (C=O) groups excluding carboxylic acids is 1. The number of rotatable bonds is 4. The van der Waals surface area contributed by atoms with Gasteiger partial charge in [-0.05, 0) is 49.1 Å². The number of halogens is 1. The van der Waals surface area contributed by atoms with E-state index in [1.165, 1.54) is 31.4 Å². The summed E-state index contributed by atoms with van der Waals surface area (Å²) in [6, 6.07) is 14.1. The summed E-state index contributed by atoms with van der Waals surface area (Å²) in [5, 5.41) is 2.97. The van der Waals surface area contributed by atoms with E-state index < -0.39 is 0 Å². The van der Waals surface area contributed by atoms with Gasteiger partial charge in [0, 0.05) is 13.1 Å². The third-order valence-corrected chi connectivity index (χ3v) is 4.13. The maximum atomic E-state index is 13.2. The molecule has 1 N–H and O–H groups in total. The van der Waals surface area contributed by atoms with Crippen LogP contribution in [0.3, 0.4) is 0 Å². The van der Waals surface area contributed by atoms with Gasteiger partial charge in [-0.15, -0.1) is 0 Å². The summed E-state index contributed by atoms with van der Waals surface area (Å²) in [7, 11) is 0. The minimum atomic E-state index is -0.316. The molecule has 1 amide bonds. The zero-order chi connectivity index (χ0) is 16.1. The van der Waals surface area contributed by atoms with Gasteiger partial charge >= 0.3 is 0 Å². The number of para-hydroxylation sites is 2. The van der Waals surface area contributed by atoms with Crippen LogP contribution in [0.5, 0.6) is 0 Å². The van der Waals surface area contributed by atoms with E-state index in [1.54, 1.807) is 12.1 Å². The average molecular weight is 312 g/mol. The van der Waals surface area contributed by atoms with Gasteiger partial charge < -0.3 is 10.2 Å². The molecule has 0 aliphatic carbocycles. The molecule has 0 saturated carbocycles. The van der Waals surface area contributed by atoms with Crippen LogP contribution < -0.4 is 10.2 Å². The highest BCUT2D eigenvalue weighted by Gasteiger charge is 2.15. The van der Waals surface area contributed by atoms with Crippen molar-refractivity contribution in [2.75, 3.05) is 23.3 Å². The lowest BCUT2D eigenvalue weighted by atomic mass is 10.1. The first-order valence-electron chi connectivity index (χ1n) is 8.10. The summed E-state index contributed by atoms with van der Waals surface area (Å²) in [6.45, 7) is 2.05. The van der Waals surface area contributed by atoms with Gasteiger partial charge in [0.15, 0.2) is 0 Å². The highest BCUT2D eigenvalue weighted by atomic mass is 19.1. The molecule has 3 nitrogen and oxygen atoms in total. The topological polar surface area (TPSA) is 32.3 Å². The van der Waals surface area contributed by atoms with Crippen molar-refractivity contribution in [3.63, 3.8) is 0 Å². The molecular weight excluding hydrogens is 291 g/mol. The third kappa shape index (κ3) is 4.09. The van der Waals surface area contributed by atoms with E-state index in [1.807, 2.05) is 24.3 Å². The van der Waals surface area contributed by atoms with Crippen molar-refractivity contribution < 1.29 is 9.18 Å². The summed E-state index contributed by atoms with van der Waals surface area (Å²) >= 11 is 0. The fourth-order valence-corrected chi connectivity index (χ4v) is 3.02. The van der Waals surface area contributed by atoms with Crippen molar-refractivity contribution in [3.05, 3.63) is 59.9 Å². The van der Waals surface area contributed by atoms with Crippen molar-refractivity contribution in [2.45, 2.75) is 25.7 Å². The number of nitrogens with zero attached hydrogens (tertiary/aromatic N) is 1. The van der Waals surface area contributed by atoms with E-state index in [2.05, 4.69) is 10.2 Å². The van der Waals surface area contributed by atoms with Gasteiger partial charge in [0.1, 0.15) is 5.82 Å². The summed E-state index contributed by atoms with van der Waals surface area (Å²) in [5.74, 6) is -0.441. The number of benzene rings is 2. The van der Waals surface area contributed by atoms with Gasteiger partial charge in [-0.2, -0.15) is 0 Å². The second-order valence-corrected chi connectivity index (χ2v) is 5.92. The number of nitrogens with one attached hydrogen (secondary N) is 1. The van der Waals surface area contributed by atoms with Crippen molar-refractivity contribution >= 4 is 17.3 Å². The van der Waals surface area contributed by atoms with Gasteiger partial charge in [0.05, 0.1) is 17.8 Å². The van der Waals surface area contributed by atoms with Crippen molar-refractivity contribution in [3.8, 4) is 0 Å². The molecule has 0 atom stereocenters. The Hall–Kier alpha value is -2.36. The quantitative estimate of drug-likeness (QED) is 0.925. The van der Waals surface area contributed by atoms with Crippen LogP contribution in [0.25, 0.3) is 0 Å². The Morgan fingerprint density at radius 3 is 2.61 bits per heavy atom. The minimum Gasteiger partial charge on any atom is -0.370 e. The Bertz CT molecular complexity index is 681. The molecule has 3 rings (SSSR count). The van der Waals surface area contributed by atoms with E-state index in [4.69, 9.17) is 0 Å². The first-order chi connectivity index (χ1) is 11.2. The number of piperidine rings is 1. The molecule has 1 fully saturated rings. The van der Waals surface area contributed by atoms with Crippen molar-refractivity contribution in [2.24, 2.45) is 0 Å². The second-order valence-electron chi connectivity index (χ2n) is 5.92. The van der Waals surface area contributed by atoms with Crippen LogP contribution in [-0.4, -0.2) is 19.0 Å². The molecule has 0 radical (unpaired) electrons. The molecular formula is C19H21FN2O. The summed E-state index contributed by atoms with van der Waals surface area (Å²) in [4.78, 5) is 14.6. The maximum Gasteiger partial charge on any atom is 0.228 e. The lowest BCUT2D eigenvalue weighted by molar-refractivity contribution is -0.115. The van der Waals surface area contributed by atoms with Gasteiger partial charge in [-0.25, -0.2) is 4.39 Å². The molecule has 1 aliphatic heterocycles. The highest BCUT2D eigenvalue weighted by Crippen LogP contribution is 2.28. The molecule has 120 valence electrons. The highest BCUT2D eigenvalue weighted by molar-refractivity contribution is 5.95. The molecule has 2 aromatic carbocycles. The average Bonchev–Trinajstić information content (AvgIpc) is 2.56. The zero-order valence-electron chi connectivity index (χ0n) is 13.1. The van der Waals surface area contributed by atoms with Gasteiger partial charge in [-0.3, -0.25) is 4.79 Å². The lowest BCUT2D eigenvalue weighted by Gasteiger charge is -2.30. The summed E-state index contributed by atoms with van der Waals surface area (Å²) in [5.41, 5.74) is 2.58. The molecule has 0 bridgehead atoms. The zero-order valence-corrected chi connectivity index (χ0v) is 13.1. The normalized spacial score (nSPS) is 14.6. The van der Waals surface area contributed by atoms with Crippen LogP contribution in [0.4, 0.5) is 15.8 Å². The molecule has 4 heteroatoms. The third-order valence-electron chi connectivity index (χ3n) is 4.13. The van der Waals surface area contributed by atoms with Crippen LogP contribution in [0, 0.1) is 5.82 Å². The number of amides is 1. The van der Waals surface area contributed by atoms with Crippen LogP contribution in [0.2, 0.25) is 0 Å². The number of carbonyl (C=O) groups is 1. The molecule has 2 aromatic rings. The van der Waals surface area contributed by atoms with Gasteiger partial charge in [0.25, 0.3) is 0 Å². The lowest BCUT2D eigenvalue weighted by Crippen LogP contribution is -2.30. The predicted octanol–water partition coefficient (Wildman–Crippen LogP) is 4.00. The number of anilines is 2. The SMILES string of the molecule is O=C(Cc1cccc(F)c1)Nc1ccccc1N1CCCCC1. The number of hydrogen-bond acceptors (Lipinski definition) is 2. The Balaban J connectivity index is 1.71.